The minimum atomic E-state index is -0.260. The summed E-state index contributed by atoms with van der Waals surface area (Å²) in [7, 11) is 0. The van der Waals surface area contributed by atoms with E-state index in [0.29, 0.717) is 5.82 Å². The molecule has 1 aromatic heterocycles. The Bertz CT molecular complexity index is 454. The van der Waals surface area contributed by atoms with Crippen molar-refractivity contribution < 1.29 is 0 Å². The van der Waals surface area contributed by atoms with Gasteiger partial charge in [0.05, 0.1) is 6.04 Å². The van der Waals surface area contributed by atoms with Gasteiger partial charge in [-0.15, -0.1) is 0 Å². The minimum absolute atomic E-state index is 0.260. The van der Waals surface area contributed by atoms with Gasteiger partial charge < -0.3 is 11.5 Å². The van der Waals surface area contributed by atoms with Crippen LogP contribution in [0.5, 0.6) is 0 Å². The average Bonchev–Trinajstić information content (AvgIpc) is 2.29. The maximum Gasteiger partial charge on any atom is 0.128 e. The van der Waals surface area contributed by atoms with Crippen LogP contribution in [0.4, 0.5) is 5.82 Å². The predicted octanol–water partition coefficient (Wildman–Crippen LogP) is 2.47. The third-order valence-electron chi connectivity index (χ3n) is 2.45. The van der Waals surface area contributed by atoms with Crippen LogP contribution in [0.15, 0.2) is 47.1 Å². The summed E-state index contributed by atoms with van der Waals surface area (Å²) in [5.74, 6) is 0.478. The molecule has 82 valence electrons. The number of benzene rings is 1. The number of rotatable bonds is 2. The van der Waals surface area contributed by atoms with E-state index in [4.69, 9.17) is 11.5 Å². The third-order valence-corrected chi connectivity index (χ3v) is 3.17. The van der Waals surface area contributed by atoms with Crippen LogP contribution in [-0.2, 0) is 0 Å². The molecule has 0 amide bonds. The predicted molar refractivity (Wildman–Crippen MR) is 68.8 cm³/mol. The minimum Gasteiger partial charge on any atom is -0.383 e. The molecule has 0 saturated heterocycles. The van der Waals surface area contributed by atoms with Gasteiger partial charge in [-0.2, -0.15) is 0 Å². The van der Waals surface area contributed by atoms with Crippen LogP contribution in [0.3, 0.4) is 0 Å². The molecule has 0 aliphatic carbocycles. The monoisotopic (exact) mass is 277 g/mol. The maximum atomic E-state index is 6.17. The Morgan fingerprint density at radius 3 is 2.44 bits per heavy atom. The SMILES string of the molecule is Nc1ncccc1C(N)c1ccccc1Br. The lowest BCUT2D eigenvalue weighted by atomic mass is 10.0. The number of nitrogens with two attached hydrogens (primary N) is 2. The van der Waals surface area contributed by atoms with Gasteiger partial charge in [-0.1, -0.05) is 40.2 Å². The molecule has 1 atom stereocenters. The highest BCUT2D eigenvalue weighted by atomic mass is 79.9. The number of halogens is 1. The summed E-state index contributed by atoms with van der Waals surface area (Å²) in [5, 5.41) is 0. The fourth-order valence-electron chi connectivity index (χ4n) is 1.59. The van der Waals surface area contributed by atoms with E-state index in [-0.39, 0.29) is 6.04 Å². The molecule has 0 spiro atoms. The average molecular weight is 278 g/mol. The van der Waals surface area contributed by atoms with Gasteiger partial charge >= 0.3 is 0 Å². The quantitative estimate of drug-likeness (QED) is 0.887. The van der Waals surface area contributed by atoms with E-state index in [1.165, 1.54) is 0 Å². The normalized spacial score (nSPS) is 12.4. The van der Waals surface area contributed by atoms with Gasteiger partial charge in [-0.25, -0.2) is 4.98 Å². The first-order valence-corrected chi connectivity index (χ1v) is 5.70. The van der Waals surface area contributed by atoms with Crippen molar-refractivity contribution in [2.75, 3.05) is 5.73 Å². The van der Waals surface area contributed by atoms with E-state index in [2.05, 4.69) is 20.9 Å². The number of nitrogen functional groups attached to an aromatic ring is 1. The summed E-state index contributed by atoms with van der Waals surface area (Å²) >= 11 is 3.48. The smallest absolute Gasteiger partial charge is 0.128 e. The molecule has 1 unspecified atom stereocenters. The number of pyridine rings is 1. The van der Waals surface area contributed by atoms with Gasteiger partial charge in [-0.3, -0.25) is 0 Å². The Kier molecular flexibility index (Phi) is 3.22. The summed E-state index contributed by atoms with van der Waals surface area (Å²) in [6.07, 6.45) is 1.66. The molecule has 2 rings (SSSR count). The van der Waals surface area contributed by atoms with Crippen molar-refractivity contribution in [2.45, 2.75) is 6.04 Å². The Morgan fingerprint density at radius 1 is 1.06 bits per heavy atom. The van der Waals surface area contributed by atoms with Crippen LogP contribution in [0.2, 0.25) is 0 Å². The van der Waals surface area contributed by atoms with E-state index in [1.54, 1.807) is 6.20 Å². The summed E-state index contributed by atoms with van der Waals surface area (Å²) in [5.41, 5.74) is 13.8. The molecule has 4 heteroatoms. The Balaban J connectivity index is 2.44. The van der Waals surface area contributed by atoms with Crippen LogP contribution in [0.1, 0.15) is 17.2 Å². The van der Waals surface area contributed by atoms with Crippen molar-refractivity contribution in [3.63, 3.8) is 0 Å². The number of hydrogen-bond donors (Lipinski definition) is 2. The zero-order valence-corrected chi connectivity index (χ0v) is 10.2. The second-order valence-corrected chi connectivity index (χ2v) is 4.33. The molecule has 0 aliphatic heterocycles. The zero-order valence-electron chi connectivity index (χ0n) is 8.60. The molecule has 4 N–H and O–H groups in total. The molecule has 0 bridgehead atoms. The highest BCUT2D eigenvalue weighted by molar-refractivity contribution is 9.10. The Morgan fingerprint density at radius 2 is 1.75 bits per heavy atom. The second-order valence-electron chi connectivity index (χ2n) is 3.48. The fourth-order valence-corrected chi connectivity index (χ4v) is 2.12. The van der Waals surface area contributed by atoms with Crippen molar-refractivity contribution >= 4 is 21.7 Å². The van der Waals surface area contributed by atoms with Crippen LogP contribution in [-0.4, -0.2) is 4.98 Å². The summed E-state index contributed by atoms with van der Waals surface area (Å²) < 4.78 is 0.978. The second kappa shape index (κ2) is 4.63. The molecule has 16 heavy (non-hydrogen) atoms. The van der Waals surface area contributed by atoms with Gasteiger partial charge in [0, 0.05) is 16.2 Å². The number of nitrogens with zero attached hydrogens (tertiary/aromatic N) is 1. The Hall–Kier alpha value is -1.39. The fraction of sp³-hybridized carbons (Fsp3) is 0.0833. The van der Waals surface area contributed by atoms with Gasteiger partial charge in [-0.05, 0) is 17.7 Å². The highest BCUT2D eigenvalue weighted by Gasteiger charge is 2.14. The third kappa shape index (κ3) is 2.08. The largest absolute Gasteiger partial charge is 0.383 e. The molecule has 0 aliphatic rings. The molecular formula is C12H12BrN3. The van der Waals surface area contributed by atoms with Crippen molar-refractivity contribution in [1.29, 1.82) is 0 Å². The first-order valence-electron chi connectivity index (χ1n) is 4.90. The lowest BCUT2D eigenvalue weighted by Gasteiger charge is -2.15. The molecule has 0 radical (unpaired) electrons. The number of aromatic nitrogens is 1. The first-order chi connectivity index (χ1) is 7.70. The lowest BCUT2D eigenvalue weighted by Crippen LogP contribution is -2.15. The standard InChI is InChI=1S/C12H12BrN3/c13-10-6-2-1-4-8(10)11(14)9-5-3-7-16-12(9)15/h1-7,11H,14H2,(H2,15,16). The van der Waals surface area contributed by atoms with E-state index in [1.807, 2.05) is 36.4 Å². The van der Waals surface area contributed by atoms with Gasteiger partial charge in [0.25, 0.3) is 0 Å². The molecular weight excluding hydrogens is 266 g/mol. The van der Waals surface area contributed by atoms with E-state index >= 15 is 0 Å². The van der Waals surface area contributed by atoms with Gasteiger partial charge in [0.2, 0.25) is 0 Å². The first kappa shape index (κ1) is 11.1. The number of hydrogen-bond acceptors (Lipinski definition) is 3. The van der Waals surface area contributed by atoms with E-state index < -0.39 is 0 Å². The Labute approximate surface area is 103 Å². The van der Waals surface area contributed by atoms with Crippen molar-refractivity contribution in [1.82, 2.24) is 4.98 Å². The van der Waals surface area contributed by atoms with Gasteiger partial charge in [0.1, 0.15) is 5.82 Å². The summed E-state index contributed by atoms with van der Waals surface area (Å²) in [6.45, 7) is 0. The lowest BCUT2D eigenvalue weighted by molar-refractivity contribution is 0.862. The number of anilines is 1. The molecule has 1 heterocycles. The molecule has 0 fully saturated rings. The summed E-state index contributed by atoms with van der Waals surface area (Å²) in [4.78, 5) is 4.04. The van der Waals surface area contributed by atoms with Crippen LogP contribution in [0.25, 0.3) is 0 Å². The van der Waals surface area contributed by atoms with E-state index in [0.717, 1.165) is 15.6 Å². The van der Waals surface area contributed by atoms with Crippen molar-refractivity contribution in [2.24, 2.45) is 5.73 Å². The molecule has 1 aromatic carbocycles. The van der Waals surface area contributed by atoms with Gasteiger partial charge in [0.15, 0.2) is 0 Å². The topological polar surface area (TPSA) is 64.9 Å². The van der Waals surface area contributed by atoms with Crippen LogP contribution in [0, 0.1) is 0 Å². The molecule has 2 aromatic rings. The van der Waals surface area contributed by atoms with Crippen LogP contribution < -0.4 is 11.5 Å². The molecule has 0 saturated carbocycles. The van der Waals surface area contributed by atoms with Crippen molar-refractivity contribution in [3.05, 3.63) is 58.2 Å². The van der Waals surface area contributed by atoms with E-state index in [9.17, 15) is 0 Å². The maximum absolute atomic E-state index is 6.17. The van der Waals surface area contributed by atoms with Crippen LogP contribution >= 0.6 is 15.9 Å². The summed E-state index contributed by atoms with van der Waals surface area (Å²) in [6, 6.07) is 11.3. The highest BCUT2D eigenvalue weighted by Crippen LogP contribution is 2.28. The zero-order chi connectivity index (χ0) is 11.5. The van der Waals surface area contributed by atoms with Crippen molar-refractivity contribution in [3.8, 4) is 0 Å². The molecule has 3 nitrogen and oxygen atoms in total.